The van der Waals surface area contributed by atoms with Crippen molar-refractivity contribution in [2.45, 2.75) is 13.3 Å². The minimum Gasteiger partial charge on any atom is -0.370 e. The smallest absolute Gasteiger partial charge is 0.259 e. The third-order valence-corrected chi connectivity index (χ3v) is 2.92. The van der Waals surface area contributed by atoms with Gasteiger partial charge in [0.05, 0.1) is 5.56 Å². The lowest BCUT2D eigenvalue weighted by molar-refractivity contribution is 0.0992. The average Bonchev–Trinajstić information content (AvgIpc) is 2.53. The Labute approximate surface area is 118 Å². The summed E-state index contributed by atoms with van der Waals surface area (Å²) in [5, 5.41) is 3.18. The highest BCUT2D eigenvalue weighted by atomic mass is 16.2. The molecule has 0 aliphatic heterocycles. The van der Waals surface area contributed by atoms with Crippen LogP contribution in [-0.2, 0) is 0 Å². The molecule has 0 unspecified atom stereocenters. The lowest BCUT2D eigenvalue weighted by Gasteiger charge is -2.17. The molecule has 2 heterocycles. The molecular weight excluding hydrogens is 252 g/mol. The SMILES string of the molecule is CCCNc1ccc(C(=O)N(C)c2ccncc2)cn1. The number of carbonyl (C=O) groups excluding carboxylic acids is 1. The van der Waals surface area contributed by atoms with Gasteiger partial charge in [0, 0.05) is 37.9 Å². The van der Waals surface area contributed by atoms with E-state index in [0.717, 1.165) is 24.5 Å². The van der Waals surface area contributed by atoms with Gasteiger partial charge >= 0.3 is 0 Å². The Morgan fingerprint density at radius 2 is 2.00 bits per heavy atom. The van der Waals surface area contributed by atoms with Gasteiger partial charge in [-0.25, -0.2) is 4.98 Å². The lowest BCUT2D eigenvalue weighted by Crippen LogP contribution is -2.26. The summed E-state index contributed by atoms with van der Waals surface area (Å²) >= 11 is 0. The van der Waals surface area contributed by atoms with Crippen LogP contribution in [0.4, 0.5) is 11.5 Å². The summed E-state index contributed by atoms with van der Waals surface area (Å²) in [6.45, 7) is 2.96. The van der Waals surface area contributed by atoms with Gasteiger partial charge in [-0.15, -0.1) is 0 Å². The molecule has 2 rings (SSSR count). The summed E-state index contributed by atoms with van der Waals surface area (Å²) in [5.74, 6) is 0.695. The largest absolute Gasteiger partial charge is 0.370 e. The summed E-state index contributed by atoms with van der Waals surface area (Å²) in [6.07, 6.45) is 5.95. The molecule has 20 heavy (non-hydrogen) atoms. The van der Waals surface area contributed by atoms with Crippen LogP contribution in [0.2, 0.25) is 0 Å². The topological polar surface area (TPSA) is 58.1 Å². The molecular formula is C15H18N4O. The second-order valence-electron chi connectivity index (χ2n) is 4.43. The highest BCUT2D eigenvalue weighted by molar-refractivity contribution is 6.05. The Hall–Kier alpha value is -2.43. The van der Waals surface area contributed by atoms with Crippen molar-refractivity contribution in [3.63, 3.8) is 0 Å². The van der Waals surface area contributed by atoms with Gasteiger partial charge < -0.3 is 10.2 Å². The van der Waals surface area contributed by atoms with E-state index in [1.54, 1.807) is 48.7 Å². The number of hydrogen-bond acceptors (Lipinski definition) is 4. The molecule has 104 valence electrons. The normalized spacial score (nSPS) is 10.1. The van der Waals surface area contributed by atoms with Crippen LogP contribution < -0.4 is 10.2 Å². The van der Waals surface area contributed by atoms with E-state index in [4.69, 9.17) is 0 Å². The van der Waals surface area contributed by atoms with Gasteiger partial charge in [0.15, 0.2) is 0 Å². The number of carbonyl (C=O) groups is 1. The van der Waals surface area contributed by atoms with Crippen LogP contribution in [0.1, 0.15) is 23.7 Å². The predicted octanol–water partition coefficient (Wildman–Crippen LogP) is 2.58. The van der Waals surface area contributed by atoms with Gasteiger partial charge in [0.2, 0.25) is 0 Å². The molecule has 0 spiro atoms. The summed E-state index contributed by atoms with van der Waals surface area (Å²) in [4.78, 5) is 22.1. The van der Waals surface area contributed by atoms with Gasteiger partial charge in [-0.2, -0.15) is 0 Å². The van der Waals surface area contributed by atoms with Crippen molar-refractivity contribution in [3.8, 4) is 0 Å². The van der Waals surface area contributed by atoms with Crippen LogP contribution in [0.15, 0.2) is 42.9 Å². The Morgan fingerprint density at radius 1 is 1.25 bits per heavy atom. The number of rotatable bonds is 5. The third kappa shape index (κ3) is 3.32. The Kier molecular flexibility index (Phi) is 4.65. The maximum Gasteiger partial charge on any atom is 0.259 e. The zero-order valence-electron chi connectivity index (χ0n) is 11.7. The minimum absolute atomic E-state index is 0.0919. The predicted molar refractivity (Wildman–Crippen MR) is 80.0 cm³/mol. The third-order valence-electron chi connectivity index (χ3n) is 2.92. The number of hydrogen-bond donors (Lipinski definition) is 1. The number of nitrogens with one attached hydrogen (secondary N) is 1. The van der Waals surface area contributed by atoms with Crippen molar-refractivity contribution < 1.29 is 4.79 Å². The molecule has 0 aliphatic carbocycles. The van der Waals surface area contributed by atoms with Gasteiger partial charge in [-0.3, -0.25) is 9.78 Å². The molecule has 0 aliphatic rings. The number of pyridine rings is 2. The van der Waals surface area contributed by atoms with Crippen molar-refractivity contribution in [1.82, 2.24) is 9.97 Å². The number of amides is 1. The van der Waals surface area contributed by atoms with Crippen molar-refractivity contribution in [3.05, 3.63) is 48.4 Å². The molecule has 5 heteroatoms. The minimum atomic E-state index is -0.0919. The van der Waals surface area contributed by atoms with Crippen molar-refractivity contribution >= 4 is 17.4 Å². The van der Waals surface area contributed by atoms with E-state index in [1.807, 2.05) is 6.07 Å². The second kappa shape index (κ2) is 6.65. The molecule has 0 radical (unpaired) electrons. The van der Waals surface area contributed by atoms with Gasteiger partial charge in [0.25, 0.3) is 5.91 Å². The highest BCUT2D eigenvalue weighted by Gasteiger charge is 2.13. The van der Waals surface area contributed by atoms with Crippen molar-refractivity contribution in [2.24, 2.45) is 0 Å². The summed E-state index contributed by atoms with van der Waals surface area (Å²) in [7, 11) is 1.74. The Morgan fingerprint density at radius 3 is 2.60 bits per heavy atom. The van der Waals surface area contributed by atoms with Crippen LogP contribution in [0.5, 0.6) is 0 Å². The molecule has 0 bridgehead atoms. The van der Waals surface area contributed by atoms with E-state index in [9.17, 15) is 4.79 Å². The maximum atomic E-state index is 12.3. The van der Waals surface area contributed by atoms with Gasteiger partial charge in [-0.1, -0.05) is 6.92 Å². The fourth-order valence-corrected chi connectivity index (χ4v) is 1.76. The standard InChI is InChI=1S/C15H18N4O/c1-3-8-17-14-5-4-12(11-18-14)15(20)19(2)13-6-9-16-10-7-13/h4-7,9-11H,3,8H2,1-2H3,(H,17,18). The number of aromatic nitrogens is 2. The maximum absolute atomic E-state index is 12.3. The molecule has 0 saturated heterocycles. The van der Waals surface area contributed by atoms with Crippen LogP contribution in [0.25, 0.3) is 0 Å². The zero-order chi connectivity index (χ0) is 14.4. The van der Waals surface area contributed by atoms with Gasteiger partial charge in [0.1, 0.15) is 5.82 Å². The molecule has 2 aromatic heterocycles. The number of anilines is 2. The van der Waals surface area contributed by atoms with Crippen molar-refractivity contribution in [2.75, 3.05) is 23.8 Å². The fraction of sp³-hybridized carbons (Fsp3) is 0.267. The molecule has 0 aromatic carbocycles. The quantitative estimate of drug-likeness (QED) is 0.907. The molecule has 0 fully saturated rings. The summed E-state index contributed by atoms with van der Waals surface area (Å²) in [5.41, 5.74) is 1.37. The molecule has 2 aromatic rings. The molecule has 0 atom stereocenters. The lowest BCUT2D eigenvalue weighted by atomic mass is 10.2. The van der Waals surface area contributed by atoms with E-state index in [1.165, 1.54) is 0 Å². The van der Waals surface area contributed by atoms with Crippen molar-refractivity contribution in [1.29, 1.82) is 0 Å². The monoisotopic (exact) mass is 270 g/mol. The second-order valence-corrected chi connectivity index (χ2v) is 4.43. The van der Waals surface area contributed by atoms with Gasteiger partial charge in [-0.05, 0) is 30.7 Å². The summed E-state index contributed by atoms with van der Waals surface area (Å²) in [6, 6.07) is 7.19. The molecule has 1 amide bonds. The first kappa shape index (κ1) is 14.0. The fourth-order valence-electron chi connectivity index (χ4n) is 1.76. The average molecular weight is 270 g/mol. The van der Waals surface area contributed by atoms with E-state index in [2.05, 4.69) is 22.2 Å². The summed E-state index contributed by atoms with van der Waals surface area (Å²) < 4.78 is 0. The van der Waals surface area contributed by atoms with Crippen LogP contribution >= 0.6 is 0 Å². The van der Waals surface area contributed by atoms with E-state index < -0.39 is 0 Å². The highest BCUT2D eigenvalue weighted by Crippen LogP contribution is 2.14. The van der Waals surface area contributed by atoms with E-state index in [0.29, 0.717) is 5.56 Å². The Bertz CT molecular complexity index is 554. The van der Waals surface area contributed by atoms with Crippen LogP contribution in [-0.4, -0.2) is 29.5 Å². The molecule has 1 N–H and O–H groups in total. The molecule has 0 saturated carbocycles. The van der Waals surface area contributed by atoms with E-state index in [-0.39, 0.29) is 5.91 Å². The first-order valence-corrected chi connectivity index (χ1v) is 6.60. The van der Waals surface area contributed by atoms with Crippen LogP contribution in [0.3, 0.4) is 0 Å². The molecule has 5 nitrogen and oxygen atoms in total. The van der Waals surface area contributed by atoms with Crippen LogP contribution in [0, 0.1) is 0 Å². The first-order chi connectivity index (χ1) is 9.72. The zero-order valence-corrected chi connectivity index (χ0v) is 11.7. The first-order valence-electron chi connectivity index (χ1n) is 6.60. The van der Waals surface area contributed by atoms with E-state index >= 15 is 0 Å². The number of nitrogens with zero attached hydrogens (tertiary/aromatic N) is 3. The Balaban J connectivity index is 2.09.